The number of aliphatic hydroxyl groups excluding tert-OH is 1. The largest absolute Gasteiger partial charge is 0.396 e. The highest BCUT2D eigenvalue weighted by molar-refractivity contribution is 5.99. The molecule has 2 amide bonds. The Balaban J connectivity index is 1.43. The molecule has 0 saturated carbocycles. The predicted octanol–water partition coefficient (Wildman–Crippen LogP) is 2.86. The van der Waals surface area contributed by atoms with Gasteiger partial charge in [-0.25, -0.2) is 0 Å². The number of benzene rings is 2. The zero-order chi connectivity index (χ0) is 20.0. The van der Waals surface area contributed by atoms with E-state index in [2.05, 4.69) is 10.6 Å². The Morgan fingerprint density at radius 2 is 1.96 bits per heavy atom. The van der Waals surface area contributed by atoms with E-state index in [1.54, 1.807) is 0 Å². The summed E-state index contributed by atoms with van der Waals surface area (Å²) in [4.78, 5) is 23.7. The molecule has 0 unspecified atom stereocenters. The maximum atomic E-state index is 12.2. The highest BCUT2D eigenvalue weighted by atomic mass is 16.3. The number of nitrogens with one attached hydrogen (secondary N) is 2. The summed E-state index contributed by atoms with van der Waals surface area (Å²) >= 11 is 0. The van der Waals surface area contributed by atoms with E-state index in [9.17, 15) is 14.7 Å². The second kappa shape index (κ2) is 9.02. The lowest BCUT2D eigenvalue weighted by molar-refractivity contribution is -0.121. The van der Waals surface area contributed by atoms with Gasteiger partial charge >= 0.3 is 0 Å². The molecule has 0 bridgehead atoms. The van der Waals surface area contributed by atoms with E-state index in [4.69, 9.17) is 0 Å². The van der Waals surface area contributed by atoms with Crippen molar-refractivity contribution in [2.75, 3.05) is 18.5 Å². The molecule has 0 fully saturated rings. The average Bonchev–Trinajstić information content (AvgIpc) is 3.06. The maximum absolute atomic E-state index is 12.2. The third-order valence-electron chi connectivity index (χ3n) is 5.23. The second-order valence-corrected chi connectivity index (χ2v) is 7.98. The Morgan fingerprint density at radius 3 is 2.71 bits per heavy atom. The number of aryl methyl sites for hydroxylation is 1. The van der Waals surface area contributed by atoms with Gasteiger partial charge in [0.05, 0.1) is 13.0 Å². The molecule has 3 N–H and O–H groups in total. The summed E-state index contributed by atoms with van der Waals surface area (Å²) in [6, 6.07) is 16.0. The van der Waals surface area contributed by atoms with Gasteiger partial charge in [0, 0.05) is 24.1 Å². The highest BCUT2D eigenvalue weighted by Gasteiger charge is 2.24. The van der Waals surface area contributed by atoms with Gasteiger partial charge in [0.1, 0.15) is 0 Å². The van der Waals surface area contributed by atoms with Crippen LogP contribution in [0.15, 0.2) is 48.5 Å². The number of carbonyl (C=O) groups is 2. The first-order valence-corrected chi connectivity index (χ1v) is 9.81. The summed E-state index contributed by atoms with van der Waals surface area (Å²) in [5.41, 5.74) is 3.85. The average molecular weight is 380 g/mol. The first-order valence-electron chi connectivity index (χ1n) is 9.81. The number of amides is 2. The standard InChI is InChI=1S/C23H28N2O3/c1-23(16-26,14-18-6-3-2-4-7-18)15-24-21(27)9-5-8-17-10-11-20-19(12-17)13-22(28)25-20/h2-4,6-7,10-12,26H,5,8-9,13-16H2,1H3,(H,24,27)(H,25,28)/t23-/m0/s1. The van der Waals surface area contributed by atoms with Crippen LogP contribution < -0.4 is 10.6 Å². The molecule has 2 aromatic carbocycles. The predicted molar refractivity (Wildman–Crippen MR) is 110 cm³/mol. The van der Waals surface area contributed by atoms with E-state index in [1.165, 1.54) is 0 Å². The number of hydrogen-bond acceptors (Lipinski definition) is 3. The molecule has 5 nitrogen and oxygen atoms in total. The number of rotatable bonds is 9. The van der Waals surface area contributed by atoms with Crippen molar-refractivity contribution in [3.63, 3.8) is 0 Å². The molecule has 3 rings (SSSR count). The summed E-state index contributed by atoms with van der Waals surface area (Å²) in [5.74, 6) is 0.0414. The minimum atomic E-state index is -0.378. The van der Waals surface area contributed by atoms with Crippen LogP contribution in [-0.2, 0) is 28.9 Å². The molecule has 0 radical (unpaired) electrons. The summed E-state index contributed by atoms with van der Waals surface area (Å²) < 4.78 is 0. The van der Waals surface area contributed by atoms with Crippen LogP contribution >= 0.6 is 0 Å². The van der Waals surface area contributed by atoms with Crippen molar-refractivity contribution in [3.8, 4) is 0 Å². The molecule has 2 aromatic rings. The van der Waals surface area contributed by atoms with Crippen LogP contribution in [0.1, 0.15) is 36.5 Å². The van der Waals surface area contributed by atoms with Gasteiger partial charge in [-0.1, -0.05) is 49.4 Å². The van der Waals surface area contributed by atoms with Gasteiger partial charge < -0.3 is 15.7 Å². The third-order valence-corrected chi connectivity index (χ3v) is 5.23. The monoisotopic (exact) mass is 380 g/mol. The molecule has 148 valence electrons. The normalized spacial score (nSPS) is 14.9. The summed E-state index contributed by atoms with van der Waals surface area (Å²) in [7, 11) is 0. The van der Waals surface area contributed by atoms with Crippen LogP contribution in [0, 0.1) is 5.41 Å². The SMILES string of the molecule is C[C@@](CO)(CNC(=O)CCCc1ccc2c(c1)CC(=O)N2)Cc1ccccc1. The molecule has 0 saturated heterocycles. The lowest BCUT2D eigenvalue weighted by Crippen LogP contribution is -2.39. The van der Waals surface area contributed by atoms with E-state index in [-0.39, 0.29) is 23.8 Å². The van der Waals surface area contributed by atoms with E-state index in [0.29, 0.717) is 25.8 Å². The number of fused-ring (bicyclic) bond motifs is 1. The lowest BCUT2D eigenvalue weighted by atomic mass is 9.84. The summed E-state index contributed by atoms with van der Waals surface area (Å²) in [5, 5.41) is 15.6. The highest BCUT2D eigenvalue weighted by Crippen LogP contribution is 2.24. The van der Waals surface area contributed by atoms with Crippen molar-refractivity contribution < 1.29 is 14.7 Å². The van der Waals surface area contributed by atoms with Crippen LogP contribution in [0.5, 0.6) is 0 Å². The van der Waals surface area contributed by atoms with Crippen molar-refractivity contribution >= 4 is 17.5 Å². The van der Waals surface area contributed by atoms with Gasteiger partial charge in [0.25, 0.3) is 0 Å². The second-order valence-electron chi connectivity index (χ2n) is 7.98. The lowest BCUT2D eigenvalue weighted by Gasteiger charge is -2.27. The molecule has 1 aliphatic rings. The molecule has 28 heavy (non-hydrogen) atoms. The topological polar surface area (TPSA) is 78.4 Å². The zero-order valence-corrected chi connectivity index (χ0v) is 16.3. The third kappa shape index (κ3) is 5.42. The van der Waals surface area contributed by atoms with Crippen molar-refractivity contribution in [2.45, 2.75) is 39.0 Å². The minimum Gasteiger partial charge on any atom is -0.396 e. The van der Waals surface area contributed by atoms with Gasteiger partial charge in [0.15, 0.2) is 0 Å². The van der Waals surface area contributed by atoms with Gasteiger partial charge in [0.2, 0.25) is 11.8 Å². The first-order chi connectivity index (χ1) is 13.5. The smallest absolute Gasteiger partial charge is 0.228 e. The fourth-order valence-electron chi connectivity index (χ4n) is 3.55. The van der Waals surface area contributed by atoms with Gasteiger partial charge in [-0.05, 0) is 42.0 Å². The van der Waals surface area contributed by atoms with Gasteiger partial charge in [-0.15, -0.1) is 0 Å². The molecule has 1 aliphatic heterocycles. The summed E-state index contributed by atoms with van der Waals surface area (Å²) in [6.07, 6.45) is 3.15. The van der Waals surface area contributed by atoms with Crippen LogP contribution in [0.3, 0.4) is 0 Å². The van der Waals surface area contributed by atoms with E-state index in [1.807, 2.05) is 55.5 Å². The van der Waals surface area contributed by atoms with Crippen LogP contribution in [-0.4, -0.2) is 30.1 Å². The molecule has 1 atom stereocenters. The summed E-state index contributed by atoms with van der Waals surface area (Å²) in [6.45, 7) is 2.45. The molecule has 1 heterocycles. The molecule has 5 heteroatoms. The zero-order valence-electron chi connectivity index (χ0n) is 16.3. The Hall–Kier alpha value is -2.66. The van der Waals surface area contributed by atoms with Crippen molar-refractivity contribution in [1.29, 1.82) is 0 Å². The Bertz CT molecular complexity index is 835. The van der Waals surface area contributed by atoms with Crippen LogP contribution in [0.25, 0.3) is 0 Å². The van der Waals surface area contributed by atoms with Crippen LogP contribution in [0.4, 0.5) is 5.69 Å². The van der Waals surface area contributed by atoms with Crippen molar-refractivity contribution in [3.05, 3.63) is 65.2 Å². The van der Waals surface area contributed by atoms with Crippen LogP contribution in [0.2, 0.25) is 0 Å². The van der Waals surface area contributed by atoms with Gasteiger partial charge in [-0.3, -0.25) is 9.59 Å². The molecular weight excluding hydrogens is 352 g/mol. The van der Waals surface area contributed by atoms with E-state index in [0.717, 1.165) is 35.2 Å². The number of carbonyl (C=O) groups excluding carboxylic acids is 2. The first kappa shape index (κ1) is 20.1. The fraction of sp³-hybridized carbons (Fsp3) is 0.391. The van der Waals surface area contributed by atoms with E-state index < -0.39 is 0 Å². The van der Waals surface area contributed by atoms with Crippen molar-refractivity contribution in [1.82, 2.24) is 5.32 Å². The quantitative estimate of drug-likeness (QED) is 0.626. The van der Waals surface area contributed by atoms with Gasteiger partial charge in [-0.2, -0.15) is 0 Å². The number of hydrogen-bond donors (Lipinski definition) is 3. The number of aliphatic hydroxyl groups is 1. The number of anilines is 1. The van der Waals surface area contributed by atoms with E-state index >= 15 is 0 Å². The Labute approximate surface area is 166 Å². The molecule has 0 aromatic heterocycles. The molecule has 0 spiro atoms. The Kier molecular flexibility index (Phi) is 6.47. The minimum absolute atomic E-state index is 0.00532. The maximum Gasteiger partial charge on any atom is 0.228 e. The fourth-order valence-corrected chi connectivity index (χ4v) is 3.55. The Morgan fingerprint density at radius 1 is 1.18 bits per heavy atom. The molecular formula is C23H28N2O3. The molecule has 0 aliphatic carbocycles. The van der Waals surface area contributed by atoms with Crippen molar-refractivity contribution in [2.24, 2.45) is 5.41 Å².